The van der Waals surface area contributed by atoms with Crippen LogP contribution in [-0.2, 0) is 10.3 Å². The zero-order valence-corrected chi connectivity index (χ0v) is 16.8. The second-order valence-corrected chi connectivity index (χ2v) is 9.65. The molecule has 3 rings (SSSR count). The molecule has 2 fully saturated rings. The van der Waals surface area contributed by atoms with Crippen LogP contribution in [0.5, 0.6) is 0 Å². The Morgan fingerprint density at radius 3 is 2.31 bits per heavy atom. The Balaban J connectivity index is 1.60. The van der Waals surface area contributed by atoms with Crippen LogP contribution in [0, 0.1) is 5.41 Å². The van der Waals surface area contributed by atoms with E-state index in [9.17, 15) is 9.90 Å². The number of hydrogen-bond donors (Lipinski definition) is 1. The number of hydrogen-bond acceptors (Lipinski definition) is 3. The summed E-state index contributed by atoms with van der Waals surface area (Å²) in [4.78, 5) is 14.0. The Bertz CT molecular complexity index is 658. The van der Waals surface area contributed by atoms with E-state index in [1.54, 1.807) is 4.90 Å². The standard InChI is InChI=1S/C22H33NO3/c1-16(2)17-7-6-8-18(13-17)22(25)11-9-21(10-12-22)14-23(15-21)19(24)26-20(3,4)5/h6-8,13,16,25H,9-12,14-15H2,1-5H3. The Hall–Kier alpha value is -1.55. The Morgan fingerprint density at radius 2 is 1.77 bits per heavy atom. The molecule has 1 aromatic carbocycles. The van der Waals surface area contributed by atoms with E-state index in [0.29, 0.717) is 5.92 Å². The van der Waals surface area contributed by atoms with Crippen molar-refractivity contribution >= 4 is 6.09 Å². The molecule has 1 saturated heterocycles. The van der Waals surface area contributed by atoms with E-state index in [-0.39, 0.29) is 11.5 Å². The number of aliphatic hydroxyl groups is 1. The normalized spacial score (nSPS) is 21.6. The summed E-state index contributed by atoms with van der Waals surface area (Å²) in [5.74, 6) is 0.461. The number of amides is 1. The lowest BCUT2D eigenvalue weighted by Gasteiger charge is -2.54. The van der Waals surface area contributed by atoms with Gasteiger partial charge in [0.25, 0.3) is 0 Å². The number of rotatable bonds is 2. The van der Waals surface area contributed by atoms with Gasteiger partial charge in [0.05, 0.1) is 5.60 Å². The van der Waals surface area contributed by atoms with Crippen LogP contribution in [0.25, 0.3) is 0 Å². The number of carbonyl (C=O) groups is 1. The minimum Gasteiger partial charge on any atom is -0.444 e. The highest BCUT2D eigenvalue weighted by molar-refractivity contribution is 5.69. The fraction of sp³-hybridized carbons (Fsp3) is 0.682. The van der Waals surface area contributed by atoms with Crippen LogP contribution in [0.1, 0.15) is 77.3 Å². The van der Waals surface area contributed by atoms with Gasteiger partial charge < -0.3 is 14.7 Å². The van der Waals surface area contributed by atoms with Gasteiger partial charge in [0.1, 0.15) is 5.60 Å². The monoisotopic (exact) mass is 359 g/mol. The molecule has 2 aliphatic rings. The summed E-state index contributed by atoms with van der Waals surface area (Å²) in [7, 11) is 0. The number of likely N-dealkylation sites (tertiary alicyclic amines) is 1. The molecule has 4 nitrogen and oxygen atoms in total. The number of ether oxygens (including phenoxy) is 1. The summed E-state index contributed by atoms with van der Waals surface area (Å²) in [5, 5.41) is 11.2. The number of nitrogens with zero attached hydrogens (tertiary/aromatic N) is 1. The highest BCUT2D eigenvalue weighted by Crippen LogP contribution is 2.50. The minimum absolute atomic E-state index is 0.165. The predicted molar refractivity (Wildman–Crippen MR) is 103 cm³/mol. The summed E-state index contributed by atoms with van der Waals surface area (Å²) >= 11 is 0. The van der Waals surface area contributed by atoms with Crippen molar-refractivity contribution in [3.63, 3.8) is 0 Å². The second kappa shape index (κ2) is 6.56. The lowest BCUT2D eigenvalue weighted by molar-refractivity contribution is -0.0963. The first-order valence-corrected chi connectivity index (χ1v) is 9.83. The molecule has 0 radical (unpaired) electrons. The minimum atomic E-state index is -0.734. The first-order chi connectivity index (χ1) is 12.0. The molecule has 1 amide bonds. The largest absolute Gasteiger partial charge is 0.444 e. The molecule has 1 saturated carbocycles. The maximum absolute atomic E-state index is 12.2. The van der Waals surface area contributed by atoms with Crippen LogP contribution in [0.4, 0.5) is 4.79 Å². The van der Waals surface area contributed by atoms with Crippen molar-refractivity contribution in [3.05, 3.63) is 35.4 Å². The average molecular weight is 360 g/mol. The fourth-order valence-electron chi connectivity index (χ4n) is 4.21. The second-order valence-electron chi connectivity index (χ2n) is 9.65. The smallest absolute Gasteiger partial charge is 0.410 e. The first kappa shape index (κ1) is 19.2. The van der Waals surface area contributed by atoms with Gasteiger partial charge in [-0.05, 0) is 63.5 Å². The van der Waals surface area contributed by atoms with Gasteiger partial charge in [0, 0.05) is 18.5 Å². The number of carbonyl (C=O) groups excluding carboxylic acids is 1. The van der Waals surface area contributed by atoms with E-state index in [0.717, 1.165) is 44.3 Å². The van der Waals surface area contributed by atoms with Crippen molar-refractivity contribution in [2.24, 2.45) is 5.41 Å². The molecular formula is C22H33NO3. The third-order valence-corrected chi connectivity index (χ3v) is 5.93. The molecule has 0 bridgehead atoms. The van der Waals surface area contributed by atoms with E-state index >= 15 is 0 Å². The average Bonchev–Trinajstić information content (AvgIpc) is 2.52. The summed E-state index contributed by atoms with van der Waals surface area (Å²) in [6.45, 7) is 11.6. The summed E-state index contributed by atoms with van der Waals surface area (Å²) in [6.07, 6.45) is 3.21. The lowest BCUT2D eigenvalue weighted by Crippen LogP contribution is -2.61. The van der Waals surface area contributed by atoms with Crippen LogP contribution in [0.2, 0.25) is 0 Å². The lowest BCUT2D eigenvalue weighted by atomic mass is 9.63. The van der Waals surface area contributed by atoms with E-state index in [1.165, 1.54) is 5.56 Å². The van der Waals surface area contributed by atoms with Crippen molar-refractivity contribution < 1.29 is 14.6 Å². The van der Waals surface area contributed by atoms with Gasteiger partial charge in [-0.1, -0.05) is 38.1 Å². The van der Waals surface area contributed by atoms with Crippen LogP contribution >= 0.6 is 0 Å². The van der Waals surface area contributed by atoms with Gasteiger partial charge in [-0.25, -0.2) is 4.79 Å². The molecule has 1 spiro atoms. The first-order valence-electron chi connectivity index (χ1n) is 9.83. The molecule has 4 heteroatoms. The zero-order chi connectivity index (χ0) is 19.2. The Labute approximate surface area is 157 Å². The van der Waals surface area contributed by atoms with Crippen molar-refractivity contribution in [2.75, 3.05) is 13.1 Å². The molecule has 1 aliphatic carbocycles. The van der Waals surface area contributed by atoms with Crippen LogP contribution in [0.3, 0.4) is 0 Å². The highest BCUT2D eigenvalue weighted by atomic mass is 16.6. The zero-order valence-electron chi connectivity index (χ0n) is 16.8. The van der Waals surface area contributed by atoms with E-state index < -0.39 is 11.2 Å². The van der Waals surface area contributed by atoms with E-state index in [1.807, 2.05) is 20.8 Å². The molecule has 0 unspecified atom stereocenters. The fourth-order valence-corrected chi connectivity index (χ4v) is 4.21. The maximum atomic E-state index is 12.2. The Kier molecular flexibility index (Phi) is 4.85. The van der Waals surface area contributed by atoms with Crippen LogP contribution in [-0.4, -0.2) is 34.8 Å². The topological polar surface area (TPSA) is 49.8 Å². The van der Waals surface area contributed by atoms with Gasteiger partial charge in [-0.3, -0.25) is 0 Å². The maximum Gasteiger partial charge on any atom is 0.410 e. The van der Waals surface area contributed by atoms with E-state index in [4.69, 9.17) is 4.74 Å². The molecule has 26 heavy (non-hydrogen) atoms. The van der Waals surface area contributed by atoms with Crippen molar-refractivity contribution in [1.29, 1.82) is 0 Å². The summed E-state index contributed by atoms with van der Waals surface area (Å²) in [5.41, 5.74) is 1.30. The van der Waals surface area contributed by atoms with Gasteiger partial charge in [0.15, 0.2) is 0 Å². The van der Waals surface area contributed by atoms with Crippen molar-refractivity contribution in [1.82, 2.24) is 4.90 Å². The van der Waals surface area contributed by atoms with Gasteiger partial charge in [0.2, 0.25) is 0 Å². The van der Waals surface area contributed by atoms with Crippen molar-refractivity contribution in [3.8, 4) is 0 Å². The molecule has 144 valence electrons. The molecule has 0 aromatic heterocycles. The molecule has 1 heterocycles. The molecule has 1 aromatic rings. The van der Waals surface area contributed by atoms with Gasteiger partial charge >= 0.3 is 6.09 Å². The molecule has 0 atom stereocenters. The third kappa shape index (κ3) is 3.90. The summed E-state index contributed by atoms with van der Waals surface area (Å²) < 4.78 is 5.46. The van der Waals surface area contributed by atoms with Crippen LogP contribution in [0.15, 0.2) is 24.3 Å². The van der Waals surface area contributed by atoms with E-state index in [2.05, 4.69) is 38.1 Å². The SMILES string of the molecule is CC(C)c1cccc(C2(O)CCC3(CC2)CN(C(=O)OC(C)(C)C)C3)c1. The summed E-state index contributed by atoms with van der Waals surface area (Å²) in [6, 6.07) is 8.40. The van der Waals surface area contributed by atoms with Gasteiger partial charge in [-0.15, -0.1) is 0 Å². The van der Waals surface area contributed by atoms with Crippen LogP contribution < -0.4 is 0 Å². The number of benzene rings is 1. The molecular weight excluding hydrogens is 326 g/mol. The van der Waals surface area contributed by atoms with Crippen molar-refractivity contribution in [2.45, 2.75) is 77.4 Å². The predicted octanol–water partition coefficient (Wildman–Crippen LogP) is 4.81. The quantitative estimate of drug-likeness (QED) is 0.824. The molecule has 1 N–H and O–H groups in total. The molecule has 1 aliphatic heterocycles. The third-order valence-electron chi connectivity index (χ3n) is 5.93. The van der Waals surface area contributed by atoms with Gasteiger partial charge in [-0.2, -0.15) is 0 Å². The highest BCUT2D eigenvalue weighted by Gasteiger charge is 2.51. The Morgan fingerprint density at radius 1 is 1.15 bits per heavy atom.